The zero-order valence-corrected chi connectivity index (χ0v) is 36.5. The zero-order chi connectivity index (χ0) is 42.7. The molecule has 3 aliphatic heterocycles. The van der Waals surface area contributed by atoms with Gasteiger partial charge in [0.15, 0.2) is 36.2 Å². The van der Waals surface area contributed by atoms with Crippen molar-refractivity contribution in [2.24, 2.45) is 0 Å². The number of esters is 4. The minimum atomic E-state index is -1.77. The van der Waals surface area contributed by atoms with Gasteiger partial charge >= 0.3 is 23.9 Å². The van der Waals surface area contributed by atoms with Crippen LogP contribution < -0.4 is 0 Å². The monoisotopic (exact) mass is 831 g/mol. The second-order valence-corrected chi connectivity index (χ2v) is 16.6. The molecule has 3 aliphatic rings. The summed E-state index contributed by atoms with van der Waals surface area (Å²) >= 11 is 0. The molecule has 15 heteroatoms. The molecule has 0 aromatic heterocycles. The highest BCUT2D eigenvalue weighted by atomic mass is 16.8. The third-order valence-electron chi connectivity index (χ3n) is 10.4. The van der Waals surface area contributed by atoms with E-state index in [1.54, 1.807) is 27.7 Å². The van der Waals surface area contributed by atoms with Crippen molar-refractivity contribution in [1.29, 1.82) is 0 Å². The highest BCUT2D eigenvalue weighted by molar-refractivity contribution is 5.72. The summed E-state index contributed by atoms with van der Waals surface area (Å²) in [6.45, 7) is 14.8. The fourth-order valence-corrected chi connectivity index (χ4v) is 7.25. The second-order valence-electron chi connectivity index (χ2n) is 16.6. The SMILES string of the molecule is CCCCCCCC(=O)O[C@@H]1[C@H](OC(O)[C@@H]2OC(C)(C)O[C@@H]2[C@H]2COC(C)(C)O2)O[C@H](COC(=O)CCCCC)[C@@H](OC(=O)CCCCC)[C@@H]1OC(=O)CCCCC. The van der Waals surface area contributed by atoms with E-state index in [1.165, 1.54) is 0 Å². The van der Waals surface area contributed by atoms with E-state index >= 15 is 0 Å². The molecular weight excluding hydrogens is 756 g/mol. The number of carbonyl (C=O) groups is 4. The van der Waals surface area contributed by atoms with Crippen LogP contribution in [0.1, 0.15) is 171 Å². The maximum Gasteiger partial charge on any atom is 0.306 e. The maximum atomic E-state index is 13.6. The van der Waals surface area contributed by atoms with Crippen molar-refractivity contribution < 1.29 is 71.7 Å². The number of rotatable bonds is 27. The first kappa shape index (κ1) is 50.0. The minimum absolute atomic E-state index is 0.0511. The standard InChI is InChI=1S/C43H74O15/c1-9-13-17-18-22-26-34(47)54-39-37(53-33(46)25-21-16-12-4)35(52-32(45)24-20-15-11-3)29(27-49-31(44)23-19-14-10-2)51-41(39)55-40(48)38-36(57-43(7,8)58-38)30-28-50-42(5,6)56-30/h29-30,35-41,48H,9-28H2,1-8H3/t29-,30-,35-,36-,37+,38-,39+,40?,41+/m1/s1. The van der Waals surface area contributed by atoms with Gasteiger partial charge in [0, 0.05) is 25.7 Å². The van der Waals surface area contributed by atoms with Crippen LogP contribution in [-0.2, 0) is 66.5 Å². The quantitative estimate of drug-likeness (QED) is 0.0383. The molecule has 58 heavy (non-hydrogen) atoms. The van der Waals surface area contributed by atoms with Gasteiger partial charge in [-0.15, -0.1) is 0 Å². The Hall–Kier alpha value is -2.40. The molecule has 0 bridgehead atoms. The molecule has 0 aromatic carbocycles. The third-order valence-corrected chi connectivity index (χ3v) is 10.4. The summed E-state index contributed by atoms with van der Waals surface area (Å²) in [7, 11) is 0. The predicted molar refractivity (Wildman–Crippen MR) is 211 cm³/mol. The van der Waals surface area contributed by atoms with Gasteiger partial charge in [0.2, 0.25) is 6.29 Å². The van der Waals surface area contributed by atoms with E-state index in [1.807, 2.05) is 20.8 Å². The molecule has 1 N–H and O–H groups in total. The lowest BCUT2D eigenvalue weighted by atomic mass is 9.97. The van der Waals surface area contributed by atoms with Crippen molar-refractivity contribution in [3.05, 3.63) is 0 Å². The van der Waals surface area contributed by atoms with Crippen LogP contribution in [0.25, 0.3) is 0 Å². The van der Waals surface area contributed by atoms with Crippen LogP contribution in [0.15, 0.2) is 0 Å². The lowest BCUT2D eigenvalue weighted by Gasteiger charge is -2.45. The van der Waals surface area contributed by atoms with Gasteiger partial charge in [-0.2, -0.15) is 0 Å². The molecule has 3 fully saturated rings. The molecule has 3 heterocycles. The Balaban J connectivity index is 2.02. The molecule has 336 valence electrons. The molecule has 3 rings (SSSR count). The Kier molecular flexibility index (Phi) is 21.9. The van der Waals surface area contributed by atoms with Gasteiger partial charge in [0.05, 0.1) is 6.61 Å². The number of aliphatic hydroxyl groups excluding tert-OH is 1. The lowest BCUT2D eigenvalue weighted by molar-refractivity contribution is -0.347. The maximum absolute atomic E-state index is 13.6. The number of unbranched alkanes of at least 4 members (excludes halogenated alkanes) is 10. The number of ether oxygens (including phenoxy) is 10. The Morgan fingerprint density at radius 1 is 0.603 bits per heavy atom. The molecule has 0 spiro atoms. The van der Waals surface area contributed by atoms with Gasteiger partial charge in [-0.05, 0) is 53.4 Å². The van der Waals surface area contributed by atoms with Gasteiger partial charge in [-0.25, -0.2) is 0 Å². The summed E-state index contributed by atoms with van der Waals surface area (Å²) in [5.41, 5.74) is 0. The molecule has 9 atom stereocenters. The van der Waals surface area contributed by atoms with Crippen molar-refractivity contribution in [1.82, 2.24) is 0 Å². The fourth-order valence-electron chi connectivity index (χ4n) is 7.25. The first-order chi connectivity index (χ1) is 27.6. The van der Waals surface area contributed by atoms with E-state index in [-0.39, 0.29) is 32.3 Å². The van der Waals surface area contributed by atoms with E-state index in [9.17, 15) is 24.3 Å². The first-order valence-corrected chi connectivity index (χ1v) is 22.0. The number of carbonyl (C=O) groups excluding carboxylic acids is 4. The van der Waals surface area contributed by atoms with Crippen molar-refractivity contribution in [2.45, 2.75) is 238 Å². The molecule has 0 radical (unpaired) electrons. The Labute approximate surface area is 346 Å². The Morgan fingerprint density at radius 3 is 1.62 bits per heavy atom. The van der Waals surface area contributed by atoms with Crippen LogP contribution in [0.5, 0.6) is 0 Å². The number of hydrogen-bond acceptors (Lipinski definition) is 15. The molecule has 1 unspecified atom stereocenters. The van der Waals surface area contributed by atoms with Gasteiger partial charge in [0.25, 0.3) is 0 Å². The van der Waals surface area contributed by atoms with Gasteiger partial charge in [-0.3, -0.25) is 19.2 Å². The van der Waals surface area contributed by atoms with Gasteiger partial charge in [-0.1, -0.05) is 91.9 Å². The summed E-state index contributed by atoms with van der Waals surface area (Å²) in [5.74, 6) is -4.37. The summed E-state index contributed by atoms with van der Waals surface area (Å²) in [5, 5.41) is 11.8. The highest BCUT2D eigenvalue weighted by Gasteiger charge is 2.57. The van der Waals surface area contributed by atoms with Gasteiger partial charge < -0.3 is 52.5 Å². The Bertz CT molecular complexity index is 1240. The van der Waals surface area contributed by atoms with E-state index in [0.29, 0.717) is 25.7 Å². The van der Waals surface area contributed by atoms with Crippen molar-refractivity contribution in [3.63, 3.8) is 0 Å². The smallest absolute Gasteiger partial charge is 0.306 e. The summed E-state index contributed by atoms with van der Waals surface area (Å²) < 4.78 is 60.7. The van der Waals surface area contributed by atoms with Crippen LogP contribution in [0.2, 0.25) is 0 Å². The minimum Gasteiger partial charge on any atom is -0.463 e. The molecular formula is C43H74O15. The number of aliphatic hydroxyl groups is 1. The third kappa shape index (κ3) is 16.9. The molecule has 0 amide bonds. The summed E-state index contributed by atoms with van der Waals surface area (Å²) in [6.07, 6.45) is -0.119. The fraction of sp³-hybridized carbons (Fsp3) is 0.907. The highest BCUT2D eigenvalue weighted by Crippen LogP contribution is 2.39. The molecule has 3 saturated heterocycles. The van der Waals surface area contributed by atoms with Crippen molar-refractivity contribution >= 4 is 23.9 Å². The van der Waals surface area contributed by atoms with Crippen molar-refractivity contribution in [3.8, 4) is 0 Å². The van der Waals surface area contributed by atoms with Crippen LogP contribution in [0, 0.1) is 0 Å². The Morgan fingerprint density at radius 2 is 1.09 bits per heavy atom. The summed E-state index contributed by atoms with van der Waals surface area (Å²) in [4.78, 5) is 53.4. The van der Waals surface area contributed by atoms with Crippen LogP contribution in [-0.4, -0.2) is 109 Å². The van der Waals surface area contributed by atoms with Gasteiger partial charge in [0.1, 0.15) is 31.0 Å². The zero-order valence-electron chi connectivity index (χ0n) is 36.5. The van der Waals surface area contributed by atoms with E-state index < -0.39 is 97.4 Å². The predicted octanol–water partition coefficient (Wildman–Crippen LogP) is 7.10. The largest absolute Gasteiger partial charge is 0.463 e. The first-order valence-electron chi connectivity index (χ1n) is 22.0. The number of hydrogen-bond donors (Lipinski definition) is 1. The molecule has 15 nitrogen and oxygen atoms in total. The van der Waals surface area contributed by atoms with E-state index in [0.717, 1.165) is 64.2 Å². The average molecular weight is 831 g/mol. The molecule has 0 aromatic rings. The van der Waals surface area contributed by atoms with Crippen molar-refractivity contribution in [2.75, 3.05) is 13.2 Å². The van der Waals surface area contributed by atoms with E-state index in [2.05, 4.69) is 6.92 Å². The molecule has 0 aliphatic carbocycles. The normalized spacial score (nSPS) is 28.2. The molecule has 0 saturated carbocycles. The van der Waals surface area contributed by atoms with Crippen LogP contribution >= 0.6 is 0 Å². The van der Waals surface area contributed by atoms with Crippen LogP contribution in [0.3, 0.4) is 0 Å². The van der Waals surface area contributed by atoms with E-state index in [4.69, 9.17) is 47.4 Å². The second kappa shape index (κ2) is 25.4. The average Bonchev–Trinajstić information content (AvgIpc) is 3.70. The summed E-state index contributed by atoms with van der Waals surface area (Å²) in [6, 6.07) is 0. The lowest BCUT2D eigenvalue weighted by Crippen LogP contribution is -2.64. The topological polar surface area (TPSA) is 181 Å². The van der Waals surface area contributed by atoms with Crippen LogP contribution in [0.4, 0.5) is 0 Å².